The molecule has 1 aromatic carbocycles. The number of para-hydroxylation sites is 1. The van der Waals surface area contributed by atoms with E-state index in [1.807, 2.05) is 0 Å². The van der Waals surface area contributed by atoms with Crippen LogP contribution in [0.25, 0.3) is 0 Å². The maximum Gasteiger partial charge on any atom is 0.303 e. The number of fused-ring (bicyclic) bond motifs is 2. The first-order valence-electron chi connectivity index (χ1n) is 8.88. The Kier molecular flexibility index (Phi) is 4.91. The van der Waals surface area contributed by atoms with Crippen LogP contribution in [0.15, 0.2) is 24.3 Å². The molecule has 8 nitrogen and oxygen atoms in total. The third kappa shape index (κ3) is 4.10. The van der Waals surface area contributed by atoms with E-state index in [1.165, 1.54) is 4.90 Å². The van der Waals surface area contributed by atoms with Crippen molar-refractivity contribution >= 4 is 29.4 Å². The second kappa shape index (κ2) is 7.02. The standard InChI is InChI=1S/C19H23N3O5/c1-19(2,9-16(24)25)8-15(23)20-11-7-14-17(26)21-13-6-4-3-5-12(13)18(27)22(14)10-11/h3-6,11,14H,7-10H2,1-2H3,(H,20,23)(H,21,26)(H,24,25). The molecule has 3 rings (SSSR count). The van der Waals surface area contributed by atoms with E-state index in [4.69, 9.17) is 5.11 Å². The van der Waals surface area contributed by atoms with Gasteiger partial charge < -0.3 is 20.6 Å². The molecule has 144 valence electrons. The summed E-state index contributed by atoms with van der Waals surface area (Å²) in [6.07, 6.45) is 0.275. The molecule has 3 amide bonds. The molecule has 2 aliphatic heterocycles. The van der Waals surface area contributed by atoms with Crippen molar-refractivity contribution in [2.75, 3.05) is 11.9 Å². The van der Waals surface area contributed by atoms with E-state index >= 15 is 0 Å². The maximum atomic E-state index is 12.8. The Morgan fingerprint density at radius 2 is 1.96 bits per heavy atom. The fraction of sp³-hybridized carbons (Fsp3) is 0.474. The van der Waals surface area contributed by atoms with Crippen LogP contribution in [-0.2, 0) is 14.4 Å². The van der Waals surface area contributed by atoms with Gasteiger partial charge >= 0.3 is 5.97 Å². The van der Waals surface area contributed by atoms with Crippen molar-refractivity contribution < 1.29 is 24.3 Å². The minimum atomic E-state index is -0.956. The highest BCUT2D eigenvalue weighted by Crippen LogP contribution is 2.29. The maximum absolute atomic E-state index is 12.8. The molecule has 8 heteroatoms. The van der Waals surface area contributed by atoms with E-state index in [2.05, 4.69) is 10.6 Å². The zero-order chi connectivity index (χ0) is 19.8. The molecule has 0 radical (unpaired) electrons. The van der Waals surface area contributed by atoms with Crippen molar-refractivity contribution in [2.24, 2.45) is 5.41 Å². The minimum absolute atomic E-state index is 0.0590. The second-order valence-electron chi connectivity index (χ2n) is 7.92. The Morgan fingerprint density at radius 3 is 2.67 bits per heavy atom. The number of nitrogens with zero attached hydrogens (tertiary/aromatic N) is 1. The van der Waals surface area contributed by atoms with Gasteiger partial charge in [0.2, 0.25) is 11.8 Å². The molecular weight excluding hydrogens is 350 g/mol. The van der Waals surface area contributed by atoms with Crippen LogP contribution >= 0.6 is 0 Å². The SMILES string of the molecule is CC(C)(CC(=O)O)CC(=O)NC1CC2C(=O)Nc3ccccc3C(=O)N2C1. The number of carboxylic acid groups (broad SMARTS) is 1. The molecule has 3 N–H and O–H groups in total. The Bertz CT molecular complexity index is 804. The summed E-state index contributed by atoms with van der Waals surface area (Å²) in [5, 5.41) is 14.6. The fourth-order valence-corrected chi connectivity index (χ4v) is 3.75. The van der Waals surface area contributed by atoms with Gasteiger partial charge in [-0.25, -0.2) is 0 Å². The van der Waals surface area contributed by atoms with Crippen LogP contribution in [0.4, 0.5) is 5.69 Å². The Labute approximate surface area is 156 Å². The van der Waals surface area contributed by atoms with Crippen molar-refractivity contribution in [3.63, 3.8) is 0 Å². The highest BCUT2D eigenvalue weighted by atomic mass is 16.4. The van der Waals surface area contributed by atoms with Gasteiger partial charge in [0.1, 0.15) is 6.04 Å². The van der Waals surface area contributed by atoms with Gasteiger partial charge in [-0.15, -0.1) is 0 Å². The molecule has 0 saturated carbocycles. The number of amides is 3. The summed E-state index contributed by atoms with van der Waals surface area (Å²) < 4.78 is 0. The highest BCUT2D eigenvalue weighted by molar-refractivity contribution is 6.10. The van der Waals surface area contributed by atoms with Crippen molar-refractivity contribution in [3.05, 3.63) is 29.8 Å². The van der Waals surface area contributed by atoms with E-state index in [0.29, 0.717) is 17.7 Å². The molecule has 2 aliphatic rings. The topological polar surface area (TPSA) is 116 Å². The first kappa shape index (κ1) is 18.9. The first-order chi connectivity index (χ1) is 12.7. The fourth-order valence-electron chi connectivity index (χ4n) is 3.75. The minimum Gasteiger partial charge on any atom is -0.481 e. The van der Waals surface area contributed by atoms with Crippen molar-refractivity contribution in [3.8, 4) is 0 Å². The van der Waals surface area contributed by atoms with E-state index in [1.54, 1.807) is 38.1 Å². The van der Waals surface area contributed by atoms with Crippen molar-refractivity contribution in [1.82, 2.24) is 10.2 Å². The van der Waals surface area contributed by atoms with Gasteiger partial charge in [0.25, 0.3) is 5.91 Å². The van der Waals surface area contributed by atoms with E-state index < -0.39 is 17.4 Å². The highest BCUT2D eigenvalue weighted by Gasteiger charge is 2.43. The number of carbonyl (C=O) groups excluding carboxylic acids is 3. The van der Waals surface area contributed by atoms with E-state index in [9.17, 15) is 19.2 Å². The lowest BCUT2D eigenvalue weighted by molar-refractivity contribution is -0.139. The number of hydrogen-bond acceptors (Lipinski definition) is 4. The molecule has 0 spiro atoms. The molecular formula is C19H23N3O5. The molecule has 27 heavy (non-hydrogen) atoms. The predicted molar refractivity (Wildman–Crippen MR) is 97.1 cm³/mol. The number of carboxylic acids is 1. The van der Waals surface area contributed by atoms with Gasteiger partial charge in [-0.3, -0.25) is 19.2 Å². The molecule has 0 aliphatic carbocycles. The predicted octanol–water partition coefficient (Wildman–Crippen LogP) is 1.23. The van der Waals surface area contributed by atoms with Crippen molar-refractivity contribution in [2.45, 2.75) is 45.2 Å². The van der Waals surface area contributed by atoms with Gasteiger partial charge in [-0.05, 0) is 24.0 Å². The molecule has 2 heterocycles. The summed E-state index contributed by atoms with van der Waals surface area (Å²) in [4.78, 5) is 50.0. The third-order valence-electron chi connectivity index (χ3n) is 4.91. The number of hydrogen-bond donors (Lipinski definition) is 3. The number of carbonyl (C=O) groups is 4. The average Bonchev–Trinajstić information content (AvgIpc) is 2.92. The number of benzene rings is 1. The van der Waals surface area contributed by atoms with Gasteiger partial charge in [-0.2, -0.15) is 0 Å². The normalized spacial score (nSPS) is 21.8. The van der Waals surface area contributed by atoms with Crippen LogP contribution in [0, 0.1) is 5.41 Å². The average molecular weight is 373 g/mol. The molecule has 2 unspecified atom stereocenters. The largest absolute Gasteiger partial charge is 0.481 e. The summed E-state index contributed by atoms with van der Waals surface area (Å²) >= 11 is 0. The zero-order valence-corrected chi connectivity index (χ0v) is 15.3. The number of rotatable bonds is 5. The number of aliphatic carboxylic acids is 1. The molecule has 1 saturated heterocycles. The summed E-state index contributed by atoms with van der Waals surface area (Å²) in [6, 6.07) is 5.87. The second-order valence-corrected chi connectivity index (χ2v) is 7.92. The van der Waals surface area contributed by atoms with Crippen LogP contribution in [-0.4, -0.2) is 52.3 Å². The third-order valence-corrected chi connectivity index (χ3v) is 4.91. The summed E-state index contributed by atoms with van der Waals surface area (Å²) in [6.45, 7) is 3.68. The molecule has 0 bridgehead atoms. The lowest BCUT2D eigenvalue weighted by Crippen LogP contribution is -2.41. The Morgan fingerprint density at radius 1 is 1.26 bits per heavy atom. The lowest BCUT2D eigenvalue weighted by Gasteiger charge is -2.23. The Balaban J connectivity index is 1.68. The summed E-state index contributed by atoms with van der Waals surface area (Å²) in [5.74, 6) is -1.74. The molecule has 0 aromatic heterocycles. The van der Waals surface area contributed by atoms with Crippen LogP contribution in [0.3, 0.4) is 0 Å². The monoisotopic (exact) mass is 373 g/mol. The molecule has 1 fully saturated rings. The lowest BCUT2D eigenvalue weighted by atomic mass is 9.85. The van der Waals surface area contributed by atoms with Gasteiger partial charge in [0.05, 0.1) is 17.7 Å². The van der Waals surface area contributed by atoms with Gasteiger partial charge in [0.15, 0.2) is 0 Å². The Hall–Kier alpha value is -2.90. The van der Waals surface area contributed by atoms with E-state index in [0.717, 1.165) is 0 Å². The smallest absolute Gasteiger partial charge is 0.303 e. The van der Waals surface area contributed by atoms with Gasteiger partial charge in [0, 0.05) is 19.0 Å². The molecule has 1 aromatic rings. The van der Waals surface area contributed by atoms with E-state index in [-0.39, 0.29) is 43.1 Å². The summed E-state index contributed by atoms with van der Waals surface area (Å²) in [7, 11) is 0. The number of nitrogens with one attached hydrogen (secondary N) is 2. The number of anilines is 1. The van der Waals surface area contributed by atoms with Crippen molar-refractivity contribution in [1.29, 1.82) is 0 Å². The molecule has 2 atom stereocenters. The van der Waals surface area contributed by atoms with Crippen LogP contribution in [0.2, 0.25) is 0 Å². The quantitative estimate of drug-likeness (QED) is 0.718. The summed E-state index contributed by atoms with van der Waals surface area (Å²) in [5.41, 5.74) is 0.256. The van der Waals surface area contributed by atoms with Crippen LogP contribution in [0.5, 0.6) is 0 Å². The zero-order valence-electron chi connectivity index (χ0n) is 15.3. The van der Waals surface area contributed by atoms with Crippen LogP contribution in [0.1, 0.15) is 43.5 Å². The first-order valence-corrected chi connectivity index (χ1v) is 8.88. The van der Waals surface area contributed by atoms with Gasteiger partial charge in [-0.1, -0.05) is 26.0 Å². The van der Waals surface area contributed by atoms with Crippen LogP contribution < -0.4 is 10.6 Å².